The molecule has 3 aromatic heterocycles. The first-order valence-corrected chi connectivity index (χ1v) is 10.7. The van der Waals surface area contributed by atoms with Gasteiger partial charge in [-0.15, -0.1) is 11.3 Å². The maximum atomic E-state index is 12.1. The molecule has 0 spiro atoms. The molecule has 9 heteroatoms. The van der Waals surface area contributed by atoms with Crippen molar-refractivity contribution >= 4 is 45.9 Å². The molecule has 0 unspecified atom stereocenters. The molecule has 0 radical (unpaired) electrons. The third kappa shape index (κ3) is 4.98. The van der Waals surface area contributed by atoms with Crippen molar-refractivity contribution in [2.24, 2.45) is 0 Å². The standard InChI is InChI=1S/C18H24N6OS2/c1-11(2)21-15-13-10-20-24(16(13)23-18(22-15)27-12(3)4)8-7-19-17(25)14-6-5-9-26-14/h5-6,9-12H,7-8H2,1-4H3,(H,19,25)(H,21,22,23). The van der Waals surface area contributed by atoms with Crippen LogP contribution in [0.4, 0.5) is 5.82 Å². The number of thioether (sulfide) groups is 1. The Labute approximate surface area is 167 Å². The Balaban J connectivity index is 1.79. The van der Waals surface area contributed by atoms with Crippen LogP contribution < -0.4 is 10.6 Å². The molecule has 27 heavy (non-hydrogen) atoms. The van der Waals surface area contributed by atoms with E-state index in [1.54, 1.807) is 18.0 Å². The van der Waals surface area contributed by atoms with E-state index in [4.69, 9.17) is 4.98 Å². The number of aromatic nitrogens is 4. The summed E-state index contributed by atoms with van der Waals surface area (Å²) in [5.41, 5.74) is 0.779. The monoisotopic (exact) mass is 404 g/mol. The Morgan fingerprint density at radius 3 is 2.78 bits per heavy atom. The molecule has 0 aromatic carbocycles. The molecule has 0 bridgehead atoms. The van der Waals surface area contributed by atoms with Crippen LogP contribution in [0.2, 0.25) is 0 Å². The minimum Gasteiger partial charge on any atom is -0.367 e. The fourth-order valence-corrected chi connectivity index (χ4v) is 3.86. The van der Waals surface area contributed by atoms with Crippen LogP contribution in [-0.4, -0.2) is 43.5 Å². The molecule has 0 saturated carbocycles. The maximum absolute atomic E-state index is 12.1. The summed E-state index contributed by atoms with van der Waals surface area (Å²) < 4.78 is 1.82. The van der Waals surface area contributed by atoms with Crippen LogP contribution in [0.1, 0.15) is 37.4 Å². The molecule has 0 saturated heterocycles. The van der Waals surface area contributed by atoms with Crippen LogP contribution in [0.25, 0.3) is 11.0 Å². The number of hydrogen-bond donors (Lipinski definition) is 2. The molecule has 0 atom stereocenters. The van der Waals surface area contributed by atoms with Gasteiger partial charge >= 0.3 is 0 Å². The molecule has 1 amide bonds. The Morgan fingerprint density at radius 1 is 1.30 bits per heavy atom. The van der Waals surface area contributed by atoms with Crippen molar-refractivity contribution in [2.75, 3.05) is 11.9 Å². The first-order chi connectivity index (χ1) is 12.9. The zero-order valence-electron chi connectivity index (χ0n) is 15.9. The van der Waals surface area contributed by atoms with E-state index in [9.17, 15) is 4.79 Å². The number of nitrogens with zero attached hydrogens (tertiary/aromatic N) is 4. The Kier molecular flexibility index (Phi) is 6.33. The average molecular weight is 405 g/mol. The molecule has 3 rings (SSSR count). The number of carbonyl (C=O) groups is 1. The van der Waals surface area contributed by atoms with Gasteiger partial charge in [0, 0.05) is 17.8 Å². The Morgan fingerprint density at radius 2 is 2.11 bits per heavy atom. The lowest BCUT2D eigenvalue weighted by molar-refractivity contribution is 0.0956. The number of thiophene rings is 1. The minimum absolute atomic E-state index is 0.0608. The van der Waals surface area contributed by atoms with E-state index in [0.717, 1.165) is 22.0 Å². The fourth-order valence-electron chi connectivity index (χ4n) is 2.52. The third-order valence-electron chi connectivity index (χ3n) is 3.60. The number of hydrogen-bond acceptors (Lipinski definition) is 7. The summed E-state index contributed by atoms with van der Waals surface area (Å²) in [5.74, 6) is 0.737. The van der Waals surface area contributed by atoms with Crippen molar-refractivity contribution in [1.29, 1.82) is 0 Å². The van der Waals surface area contributed by atoms with Crippen molar-refractivity contribution in [3.8, 4) is 0 Å². The second-order valence-corrected chi connectivity index (χ2v) is 9.15. The highest BCUT2D eigenvalue weighted by Crippen LogP contribution is 2.26. The predicted octanol–water partition coefficient (Wildman–Crippen LogP) is 3.64. The van der Waals surface area contributed by atoms with Gasteiger partial charge in [0.1, 0.15) is 5.82 Å². The number of amides is 1. The van der Waals surface area contributed by atoms with Crippen LogP contribution in [-0.2, 0) is 6.54 Å². The molecule has 2 N–H and O–H groups in total. The number of nitrogens with one attached hydrogen (secondary N) is 2. The highest BCUT2D eigenvalue weighted by Gasteiger charge is 2.15. The highest BCUT2D eigenvalue weighted by atomic mass is 32.2. The zero-order valence-corrected chi connectivity index (χ0v) is 17.5. The van der Waals surface area contributed by atoms with Crippen molar-refractivity contribution in [3.05, 3.63) is 28.6 Å². The lowest BCUT2D eigenvalue weighted by Crippen LogP contribution is -2.26. The quantitative estimate of drug-likeness (QED) is 0.440. The third-order valence-corrected chi connectivity index (χ3v) is 5.33. The van der Waals surface area contributed by atoms with E-state index in [0.29, 0.717) is 23.2 Å². The summed E-state index contributed by atoms with van der Waals surface area (Å²) in [7, 11) is 0. The second-order valence-electron chi connectivity index (χ2n) is 6.66. The van der Waals surface area contributed by atoms with Gasteiger partial charge in [-0.1, -0.05) is 31.7 Å². The summed E-state index contributed by atoms with van der Waals surface area (Å²) in [6.07, 6.45) is 1.78. The maximum Gasteiger partial charge on any atom is 0.261 e. The van der Waals surface area contributed by atoms with Crippen LogP contribution in [0, 0.1) is 0 Å². The molecule has 0 fully saturated rings. The van der Waals surface area contributed by atoms with Gasteiger partial charge in [-0.25, -0.2) is 14.6 Å². The van der Waals surface area contributed by atoms with Crippen molar-refractivity contribution in [1.82, 2.24) is 25.1 Å². The SMILES string of the molecule is CC(C)Nc1nc(SC(C)C)nc2c1cnn2CCNC(=O)c1cccs1. The summed E-state index contributed by atoms with van der Waals surface area (Å²) in [5, 5.41) is 14.7. The van der Waals surface area contributed by atoms with Gasteiger partial charge in [0.05, 0.1) is 23.0 Å². The first kappa shape index (κ1) is 19.6. The van der Waals surface area contributed by atoms with Crippen LogP contribution in [0.5, 0.6) is 0 Å². The lowest BCUT2D eigenvalue weighted by Gasteiger charge is -2.12. The normalized spacial score (nSPS) is 11.5. The smallest absolute Gasteiger partial charge is 0.261 e. The van der Waals surface area contributed by atoms with E-state index in [2.05, 4.69) is 48.4 Å². The van der Waals surface area contributed by atoms with Gasteiger partial charge < -0.3 is 10.6 Å². The summed E-state index contributed by atoms with van der Waals surface area (Å²) in [4.78, 5) is 22.1. The van der Waals surface area contributed by atoms with Crippen LogP contribution in [0.15, 0.2) is 28.9 Å². The fraction of sp³-hybridized carbons (Fsp3) is 0.444. The predicted molar refractivity (Wildman–Crippen MR) is 112 cm³/mol. The number of fused-ring (bicyclic) bond motifs is 1. The minimum atomic E-state index is -0.0608. The molecular formula is C18H24N6OS2. The molecule has 0 aliphatic carbocycles. The second kappa shape index (κ2) is 8.71. The number of carbonyl (C=O) groups excluding carboxylic acids is 1. The topological polar surface area (TPSA) is 84.7 Å². The molecule has 0 aliphatic rings. The Bertz CT molecular complexity index is 904. The zero-order chi connectivity index (χ0) is 19.4. The van der Waals surface area contributed by atoms with Crippen molar-refractivity contribution in [2.45, 2.75) is 50.7 Å². The van der Waals surface area contributed by atoms with Crippen LogP contribution >= 0.6 is 23.1 Å². The molecule has 3 aromatic rings. The van der Waals surface area contributed by atoms with Crippen molar-refractivity contribution in [3.63, 3.8) is 0 Å². The molecule has 0 aliphatic heterocycles. The van der Waals surface area contributed by atoms with Gasteiger partial charge in [0.2, 0.25) is 0 Å². The van der Waals surface area contributed by atoms with Gasteiger partial charge in [0.15, 0.2) is 10.8 Å². The lowest BCUT2D eigenvalue weighted by atomic mass is 10.3. The molecule has 3 heterocycles. The van der Waals surface area contributed by atoms with E-state index in [1.165, 1.54) is 11.3 Å². The van der Waals surface area contributed by atoms with Gasteiger partial charge in [-0.05, 0) is 25.3 Å². The summed E-state index contributed by atoms with van der Waals surface area (Å²) >= 11 is 3.05. The van der Waals surface area contributed by atoms with Crippen molar-refractivity contribution < 1.29 is 4.79 Å². The highest BCUT2D eigenvalue weighted by molar-refractivity contribution is 7.99. The van der Waals surface area contributed by atoms with E-state index < -0.39 is 0 Å². The molecule has 7 nitrogen and oxygen atoms in total. The largest absolute Gasteiger partial charge is 0.367 e. The van der Waals surface area contributed by atoms with E-state index in [1.807, 2.05) is 22.2 Å². The molecule has 144 valence electrons. The number of rotatable bonds is 8. The van der Waals surface area contributed by atoms with Gasteiger partial charge in [0.25, 0.3) is 5.91 Å². The Hall–Kier alpha value is -2.13. The van der Waals surface area contributed by atoms with Gasteiger partial charge in [-0.3, -0.25) is 4.79 Å². The number of anilines is 1. The summed E-state index contributed by atoms with van der Waals surface area (Å²) in [6, 6.07) is 3.94. The molecular weight excluding hydrogens is 380 g/mol. The first-order valence-electron chi connectivity index (χ1n) is 8.92. The summed E-state index contributed by atoms with van der Waals surface area (Å²) in [6.45, 7) is 9.42. The van der Waals surface area contributed by atoms with E-state index >= 15 is 0 Å². The average Bonchev–Trinajstić information content (AvgIpc) is 3.24. The van der Waals surface area contributed by atoms with Gasteiger partial charge in [-0.2, -0.15) is 5.10 Å². The van der Waals surface area contributed by atoms with E-state index in [-0.39, 0.29) is 11.9 Å². The van der Waals surface area contributed by atoms with Crippen LogP contribution in [0.3, 0.4) is 0 Å².